The third-order valence-electron chi connectivity index (χ3n) is 2.22. The fourth-order valence-electron chi connectivity index (χ4n) is 1.23. The molecule has 1 aromatic rings. The zero-order valence-corrected chi connectivity index (χ0v) is 10.4. The van der Waals surface area contributed by atoms with Gasteiger partial charge in [-0.3, -0.25) is 0 Å². The lowest BCUT2D eigenvalue weighted by Gasteiger charge is -2.11. The van der Waals surface area contributed by atoms with E-state index < -0.39 is 18.0 Å². The van der Waals surface area contributed by atoms with Crippen molar-refractivity contribution in [3.8, 4) is 5.75 Å². The van der Waals surface area contributed by atoms with Gasteiger partial charge < -0.3 is 14.6 Å². The Hall–Kier alpha value is -1.88. The molecule has 0 aliphatic rings. The highest BCUT2D eigenvalue weighted by atomic mass is 16.6. The van der Waals surface area contributed by atoms with Crippen molar-refractivity contribution < 1.29 is 24.2 Å². The number of rotatable bonds is 6. The quantitative estimate of drug-likeness (QED) is 0.620. The number of aromatic carboxylic acids is 1. The van der Waals surface area contributed by atoms with Gasteiger partial charge in [-0.05, 0) is 37.6 Å². The van der Waals surface area contributed by atoms with Crippen molar-refractivity contribution >= 4 is 11.9 Å². The number of esters is 1. The van der Waals surface area contributed by atoms with E-state index in [9.17, 15) is 9.59 Å². The van der Waals surface area contributed by atoms with Crippen molar-refractivity contribution in [3.05, 3.63) is 29.8 Å². The van der Waals surface area contributed by atoms with Gasteiger partial charge in [-0.2, -0.15) is 0 Å². The average molecular weight is 252 g/mol. The summed E-state index contributed by atoms with van der Waals surface area (Å²) in [6.45, 7) is 4.06. The fourth-order valence-corrected chi connectivity index (χ4v) is 1.23. The predicted molar refractivity (Wildman–Crippen MR) is 64.7 cm³/mol. The molecular formula is C13H16O5. The number of hydrogen-bond donors (Lipinski definition) is 1. The predicted octanol–water partition coefficient (Wildman–Crippen LogP) is 2.11. The van der Waals surface area contributed by atoms with Gasteiger partial charge in [-0.1, -0.05) is 6.92 Å². The first-order valence-electron chi connectivity index (χ1n) is 5.71. The highest BCUT2D eigenvalue weighted by Gasteiger charge is 2.15. The summed E-state index contributed by atoms with van der Waals surface area (Å²) in [7, 11) is 0. The molecule has 5 heteroatoms. The van der Waals surface area contributed by atoms with E-state index in [4.69, 9.17) is 14.6 Å². The van der Waals surface area contributed by atoms with Crippen LogP contribution in [0.4, 0.5) is 0 Å². The first-order valence-corrected chi connectivity index (χ1v) is 5.71. The minimum atomic E-state index is -1.02. The molecule has 0 fully saturated rings. The van der Waals surface area contributed by atoms with Gasteiger partial charge in [0.05, 0.1) is 5.56 Å². The van der Waals surface area contributed by atoms with Gasteiger partial charge in [0.25, 0.3) is 0 Å². The van der Waals surface area contributed by atoms with Crippen LogP contribution in [-0.4, -0.2) is 29.8 Å². The summed E-state index contributed by atoms with van der Waals surface area (Å²) < 4.78 is 10.3. The first-order chi connectivity index (χ1) is 8.54. The molecule has 0 aliphatic heterocycles. The molecule has 18 heavy (non-hydrogen) atoms. The number of benzene rings is 1. The zero-order chi connectivity index (χ0) is 13.5. The summed E-state index contributed by atoms with van der Waals surface area (Å²) in [4.78, 5) is 22.2. The third kappa shape index (κ3) is 4.18. The molecule has 0 bridgehead atoms. The van der Waals surface area contributed by atoms with Crippen molar-refractivity contribution in [1.82, 2.24) is 0 Å². The minimum absolute atomic E-state index is 0.144. The Morgan fingerprint density at radius 1 is 1.28 bits per heavy atom. The molecule has 0 radical (unpaired) electrons. The van der Waals surface area contributed by atoms with Crippen LogP contribution in [0.3, 0.4) is 0 Å². The number of carboxylic acid groups (broad SMARTS) is 1. The third-order valence-corrected chi connectivity index (χ3v) is 2.22. The van der Waals surface area contributed by atoms with Crippen molar-refractivity contribution in [2.24, 2.45) is 0 Å². The molecule has 0 amide bonds. The maximum absolute atomic E-state index is 11.6. The van der Waals surface area contributed by atoms with Gasteiger partial charge >= 0.3 is 11.9 Å². The topological polar surface area (TPSA) is 72.8 Å². The molecule has 1 rings (SSSR count). The van der Waals surface area contributed by atoms with E-state index in [1.807, 2.05) is 6.92 Å². The second kappa shape index (κ2) is 6.76. The van der Waals surface area contributed by atoms with Crippen molar-refractivity contribution in [1.29, 1.82) is 0 Å². The lowest BCUT2D eigenvalue weighted by molar-refractivity contribution is -0.146. The monoisotopic (exact) mass is 252 g/mol. The van der Waals surface area contributed by atoms with E-state index in [1.165, 1.54) is 24.3 Å². The van der Waals surface area contributed by atoms with E-state index in [2.05, 4.69) is 0 Å². The number of ether oxygens (including phenoxy) is 2. The molecule has 1 atom stereocenters. The lowest BCUT2D eigenvalue weighted by atomic mass is 10.2. The summed E-state index contributed by atoms with van der Waals surface area (Å²) in [5.41, 5.74) is 0.144. The molecule has 0 aromatic heterocycles. The van der Waals surface area contributed by atoms with Gasteiger partial charge in [0.15, 0.2) is 6.10 Å². The second-order valence-electron chi connectivity index (χ2n) is 3.76. The van der Waals surface area contributed by atoms with Crippen molar-refractivity contribution in [3.63, 3.8) is 0 Å². The lowest BCUT2D eigenvalue weighted by Crippen LogP contribution is -2.26. The normalized spacial score (nSPS) is 11.9. The number of carbonyl (C=O) groups is 2. The van der Waals surface area contributed by atoms with E-state index in [-0.39, 0.29) is 5.56 Å². The van der Waals surface area contributed by atoms with Gasteiger partial charge in [0, 0.05) is 6.61 Å². The maximum atomic E-state index is 11.6. The average Bonchev–Trinajstić information content (AvgIpc) is 2.36. The molecule has 5 nitrogen and oxygen atoms in total. The van der Waals surface area contributed by atoms with Crippen LogP contribution in [0.2, 0.25) is 0 Å². The van der Waals surface area contributed by atoms with E-state index in [0.29, 0.717) is 12.4 Å². The molecule has 1 aromatic carbocycles. The van der Waals surface area contributed by atoms with E-state index >= 15 is 0 Å². The molecule has 0 aliphatic carbocycles. The Balaban J connectivity index is 2.56. The smallest absolute Gasteiger partial charge is 0.340 e. The van der Waals surface area contributed by atoms with Crippen LogP contribution < -0.4 is 4.74 Å². The van der Waals surface area contributed by atoms with Crippen LogP contribution >= 0.6 is 0 Å². The Morgan fingerprint density at radius 2 is 1.89 bits per heavy atom. The Labute approximate surface area is 105 Å². The molecule has 1 unspecified atom stereocenters. The summed E-state index contributed by atoms with van der Waals surface area (Å²) in [5, 5.41) is 8.72. The molecular weight excluding hydrogens is 236 g/mol. The number of carboxylic acids is 1. The summed E-state index contributed by atoms with van der Waals surface area (Å²) in [5.74, 6) is -1.21. The van der Waals surface area contributed by atoms with E-state index in [0.717, 1.165) is 6.42 Å². The molecule has 0 saturated heterocycles. The molecule has 0 saturated carbocycles. The molecule has 1 N–H and O–H groups in total. The van der Waals surface area contributed by atoms with Crippen LogP contribution in [0.5, 0.6) is 5.75 Å². The van der Waals surface area contributed by atoms with Crippen molar-refractivity contribution in [2.45, 2.75) is 26.4 Å². The van der Waals surface area contributed by atoms with Gasteiger partial charge in [0.1, 0.15) is 5.75 Å². The highest BCUT2D eigenvalue weighted by molar-refractivity contribution is 5.87. The van der Waals surface area contributed by atoms with Crippen LogP contribution in [0.1, 0.15) is 30.6 Å². The van der Waals surface area contributed by atoms with Crippen LogP contribution in [-0.2, 0) is 9.53 Å². The second-order valence-corrected chi connectivity index (χ2v) is 3.76. The fraction of sp³-hybridized carbons (Fsp3) is 0.385. The maximum Gasteiger partial charge on any atom is 0.340 e. The first kappa shape index (κ1) is 14.2. The summed E-state index contributed by atoms with van der Waals surface area (Å²) >= 11 is 0. The van der Waals surface area contributed by atoms with Crippen LogP contribution in [0.15, 0.2) is 24.3 Å². The van der Waals surface area contributed by atoms with Gasteiger partial charge in [-0.25, -0.2) is 9.59 Å². The Kier molecular flexibility index (Phi) is 5.32. The minimum Gasteiger partial charge on any atom is -0.478 e. The van der Waals surface area contributed by atoms with Gasteiger partial charge in [0.2, 0.25) is 0 Å². The largest absolute Gasteiger partial charge is 0.478 e. The van der Waals surface area contributed by atoms with Crippen LogP contribution in [0, 0.1) is 0 Å². The van der Waals surface area contributed by atoms with E-state index in [1.54, 1.807) is 6.92 Å². The number of hydrogen-bond acceptors (Lipinski definition) is 4. The summed E-state index contributed by atoms with van der Waals surface area (Å²) in [6.07, 6.45) is 0.189. The molecule has 98 valence electrons. The standard InChI is InChI=1S/C13H16O5/c1-3-8-17-9(2)13(16)18-11-6-4-10(5-7-11)12(14)15/h4-7,9H,3,8H2,1-2H3,(H,14,15). The zero-order valence-electron chi connectivity index (χ0n) is 10.4. The Bertz CT molecular complexity index is 410. The highest BCUT2D eigenvalue weighted by Crippen LogP contribution is 2.13. The number of carbonyl (C=O) groups excluding carboxylic acids is 1. The van der Waals surface area contributed by atoms with Crippen LogP contribution in [0.25, 0.3) is 0 Å². The Morgan fingerprint density at radius 3 is 2.39 bits per heavy atom. The van der Waals surface area contributed by atoms with Crippen molar-refractivity contribution in [2.75, 3.05) is 6.61 Å². The van der Waals surface area contributed by atoms with Gasteiger partial charge in [-0.15, -0.1) is 0 Å². The SMILES string of the molecule is CCCOC(C)C(=O)Oc1ccc(C(=O)O)cc1. The molecule has 0 heterocycles. The molecule has 0 spiro atoms. The summed E-state index contributed by atoms with van der Waals surface area (Å²) in [6, 6.07) is 5.63.